The van der Waals surface area contributed by atoms with Crippen molar-refractivity contribution in [2.24, 2.45) is 0 Å². The predicted octanol–water partition coefficient (Wildman–Crippen LogP) is 3.96. The normalized spacial score (nSPS) is 12.0. The van der Waals surface area contributed by atoms with Crippen LogP contribution in [0.2, 0.25) is 5.02 Å². The molecule has 2 aromatic carbocycles. The van der Waals surface area contributed by atoms with Crippen LogP contribution in [-0.2, 0) is 0 Å². The number of ether oxygens (including phenoxy) is 2. The Labute approximate surface area is 148 Å². The quantitative estimate of drug-likeness (QED) is 0.759. The predicted molar refractivity (Wildman–Crippen MR) is 93.8 cm³/mol. The summed E-state index contributed by atoms with van der Waals surface area (Å²) in [6, 6.07) is 16.2. The van der Waals surface area contributed by atoms with Crippen LogP contribution in [0.1, 0.15) is 5.56 Å². The van der Waals surface area contributed by atoms with Gasteiger partial charge >= 0.3 is 0 Å². The minimum Gasteiger partial charge on any atom is -0.454 e. The summed E-state index contributed by atoms with van der Waals surface area (Å²) in [5, 5.41) is 10.0. The molecule has 0 saturated heterocycles. The Morgan fingerprint density at radius 2 is 1.72 bits per heavy atom. The molecule has 1 aliphatic rings. The highest BCUT2D eigenvalue weighted by Crippen LogP contribution is 2.37. The number of halogens is 1. The molecule has 0 unspecified atom stereocenters. The largest absolute Gasteiger partial charge is 0.454 e. The van der Waals surface area contributed by atoms with Gasteiger partial charge in [0, 0.05) is 16.3 Å². The highest BCUT2D eigenvalue weighted by Gasteiger charge is 2.17. The maximum absolute atomic E-state index is 12.4. The Kier molecular flexibility index (Phi) is 3.68. The fraction of sp³-hybridized carbons (Fsp3) is 0.0526. The van der Waals surface area contributed by atoms with Crippen molar-refractivity contribution in [1.82, 2.24) is 4.98 Å². The van der Waals surface area contributed by atoms with Crippen LogP contribution in [0.15, 0.2) is 53.3 Å². The molecule has 122 valence electrons. The van der Waals surface area contributed by atoms with E-state index < -0.39 is 5.56 Å². The Balaban J connectivity index is 1.90. The molecule has 0 radical (unpaired) electrons. The summed E-state index contributed by atoms with van der Waals surface area (Å²) < 4.78 is 10.7. The molecule has 0 atom stereocenters. The topological polar surface area (TPSA) is 75.1 Å². The van der Waals surface area contributed by atoms with Crippen LogP contribution in [0, 0.1) is 11.3 Å². The van der Waals surface area contributed by atoms with Gasteiger partial charge in [-0.15, -0.1) is 0 Å². The van der Waals surface area contributed by atoms with Gasteiger partial charge in [-0.2, -0.15) is 5.26 Å². The van der Waals surface area contributed by atoms with Gasteiger partial charge in [0.25, 0.3) is 5.56 Å². The molecule has 6 heteroatoms. The van der Waals surface area contributed by atoms with Crippen molar-refractivity contribution in [3.8, 4) is 40.0 Å². The first kappa shape index (κ1) is 15.3. The van der Waals surface area contributed by atoms with Crippen molar-refractivity contribution < 1.29 is 9.47 Å². The van der Waals surface area contributed by atoms with Gasteiger partial charge < -0.3 is 14.5 Å². The summed E-state index contributed by atoms with van der Waals surface area (Å²) in [7, 11) is 0. The molecule has 0 amide bonds. The fourth-order valence-electron chi connectivity index (χ4n) is 2.75. The first-order chi connectivity index (χ1) is 12.2. The lowest BCUT2D eigenvalue weighted by atomic mass is 9.99. The molecule has 1 N–H and O–H groups in total. The number of nitrogens with zero attached hydrogens (tertiary/aromatic N) is 1. The summed E-state index contributed by atoms with van der Waals surface area (Å²) in [5.74, 6) is 1.24. The number of nitrogens with one attached hydrogen (secondary N) is 1. The number of nitriles is 1. The van der Waals surface area contributed by atoms with E-state index in [1.54, 1.807) is 36.4 Å². The highest BCUT2D eigenvalue weighted by atomic mass is 35.5. The average Bonchev–Trinajstić information content (AvgIpc) is 3.09. The number of hydrogen-bond acceptors (Lipinski definition) is 4. The molecule has 0 aliphatic carbocycles. The van der Waals surface area contributed by atoms with E-state index in [1.165, 1.54) is 0 Å². The average molecular weight is 351 g/mol. The Morgan fingerprint density at radius 1 is 1.00 bits per heavy atom. The molecule has 2 heterocycles. The lowest BCUT2D eigenvalue weighted by molar-refractivity contribution is 0.174. The minimum absolute atomic E-state index is 0.0524. The molecule has 1 aromatic heterocycles. The molecular weight excluding hydrogens is 340 g/mol. The van der Waals surface area contributed by atoms with Crippen molar-refractivity contribution in [2.45, 2.75) is 0 Å². The lowest BCUT2D eigenvalue weighted by Gasteiger charge is -2.09. The van der Waals surface area contributed by atoms with Gasteiger partial charge in [-0.3, -0.25) is 4.79 Å². The standard InChI is InChI=1S/C19H11ClN2O3/c20-13-4-1-11(2-5-13)16-8-14(15(9-21)19(23)22-16)12-3-6-17-18(7-12)25-10-24-17/h1-8H,10H2,(H,22,23). The Bertz CT molecular complexity index is 1070. The molecule has 3 aromatic rings. The van der Waals surface area contributed by atoms with E-state index in [2.05, 4.69) is 4.98 Å². The Hall–Kier alpha value is -3.23. The number of hydrogen-bond donors (Lipinski definition) is 1. The third-order valence-electron chi connectivity index (χ3n) is 3.98. The van der Waals surface area contributed by atoms with Crippen LogP contribution >= 0.6 is 11.6 Å². The lowest BCUT2D eigenvalue weighted by Crippen LogP contribution is -2.12. The van der Waals surface area contributed by atoms with Gasteiger partial charge in [-0.25, -0.2) is 0 Å². The zero-order valence-corrected chi connectivity index (χ0v) is 13.6. The summed E-state index contributed by atoms with van der Waals surface area (Å²) in [6.07, 6.45) is 0. The van der Waals surface area contributed by atoms with Gasteiger partial charge in [0.2, 0.25) is 6.79 Å². The van der Waals surface area contributed by atoms with E-state index >= 15 is 0 Å². The van der Waals surface area contributed by atoms with Crippen molar-refractivity contribution in [3.05, 3.63) is 69.5 Å². The second-order valence-electron chi connectivity index (χ2n) is 5.49. The number of rotatable bonds is 2. The third-order valence-corrected chi connectivity index (χ3v) is 4.24. The van der Waals surface area contributed by atoms with Gasteiger partial charge in [0.1, 0.15) is 11.6 Å². The third kappa shape index (κ3) is 2.73. The molecule has 4 rings (SSSR count). The number of benzene rings is 2. The van der Waals surface area contributed by atoms with Gasteiger partial charge in [-0.05, 0) is 41.5 Å². The van der Waals surface area contributed by atoms with E-state index in [-0.39, 0.29) is 12.4 Å². The van der Waals surface area contributed by atoms with Crippen molar-refractivity contribution >= 4 is 11.6 Å². The minimum atomic E-state index is -0.442. The zero-order valence-electron chi connectivity index (χ0n) is 12.9. The van der Waals surface area contributed by atoms with E-state index in [9.17, 15) is 10.1 Å². The van der Waals surface area contributed by atoms with Crippen LogP contribution < -0.4 is 15.0 Å². The van der Waals surface area contributed by atoms with Crippen molar-refractivity contribution in [1.29, 1.82) is 5.26 Å². The van der Waals surface area contributed by atoms with Crippen LogP contribution in [-0.4, -0.2) is 11.8 Å². The summed E-state index contributed by atoms with van der Waals surface area (Å²) in [5.41, 5.74) is 2.26. The van der Waals surface area contributed by atoms with Crippen LogP contribution in [0.3, 0.4) is 0 Å². The molecule has 0 saturated carbocycles. The van der Waals surface area contributed by atoms with E-state index in [0.29, 0.717) is 33.3 Å². The second kappa shape index (κ2) is 6.00. The maximum Gasteiger partial charge on any atom is 0.266 e. The van der Waals surface area contributed by atoms with Gasteiger partial charge in [0.05, 0.1) is 0 Å². The van der Waals surface area contributed by atoms with Crippen molar-refractivity contribution in [3.63, 3.8) is 0 Å². The fourth-order valence-corrected chi connectivity index (χ4v) is 2.87. The second-order valence-corrected chi connectivity index (χ2v) is 5.92. The van der Waals surface area contributed by atoms with E-state index in [1.807, 2.05) is 18.2 Å². The molecule has 0 spiro atoms. The monoisotopic (exact) mass is 350 g/mol. The molecule has 25 heavy (non-hydrogen) atoms. The Morgan fingerprint density at radius 3 is 2.48 bits per heavy atom. The highest BCUT2D eigenvalue weighted by molar-refractivity contribution is 6.30. The molecule has 0 fully saturated rings. The first-order valence-electron chi connectivity index (χ1n) is 7.49. The van der Waals surface area contributed by atoms with Crippen LogP contribution in [0.25, 0.3) is 22.4 Å². The first-order valence-corrected chi connectivity index (χ1v) is 7.87. The summed E-state index contributed by atoms with van der Waals surface area (Å²) in [4.78, 5) is 15.1. The molecule has 5 nitrogen and oxygen atoms in total. The van der Waals surface area contributed by atoms with E-state index in [4.69, 9.17) is 21.1 Å². The smallest absolute Gasteiger partial charge is 0.266 e. The SMILES string of the molecule is N#Cc1c(-c2ccc3c(c2)OCO3)cc(-c2ccc(Cl)cc2)[nH]c1=O. The molecule has 1 aliphatic heterocycles. The van der Waals surface area contributed by atoms with E-state index in [0.717, 1.165) is 5.56 Å². The molecule has 0 bridgehead atoms. The maximum atomic E-state index is 12.4. The van der Waals surface area contributed by atoms with Crippen LogP contribution in [0.4, 0.5) is 0 Å². The molecular formula is C19H11ClN2O3. The van der Waals surface area contributed by atoms with Crippen LogP contribution in [0.5, 0.6) is 11.5 Å². The van der Waals surface area contributed by atoms with Gasteiger partial charge in [0.15, 0.2) is 11.5 Å². The summed E-state index contributed by atoms with van der Waals surface area (Å²) in [6.45, 7) is 0.162. The number of aromatic amines is 1. The zero-order chi connectivity index (χ0) is 17.4. The summed E-state index contributed by atoms with van der Waals surface area (Å²) >= 11 is 5.92. The number of fused-ring (bicyclic) bond motifs is 1. The number of pyridine rings is 1. The van der Waals surface area contributed by atoms with Crippen molar-refractivity contribution in [2.75, 3.05) is 6.79 Å². The number of aromatic nitrogens is 1. The van der Waals surface area contributed by atoms with Gasteiger partial charge in [-0.1, -0.05) is 29.8 Å². The number of H-pyrrole nitrogens is 1.